The van der Waals surface area contributed by atoms with Crippen LogP contribution in [0.4, 0.5) is 40.3 Å². The Kier molecular flexibility index (Phi) is 23.0. The molecule has 4 N–H and O–H groups in total. The van der Waals surface area contributed by atoms with Crippen LogP contribution in [0.2, 0.25) is 0 Å². The number of nitrogens with zero attached hydrogens (tertiary/aromatic N) is 4. The predicted octanol–water partition coefficient (Wildman–Crippen LogP) is 11.2. The summed E-state index contributed by atoms with van der Waals surface area (Å²) in [7, 11) is -1.35. The fraction of sp³-hybridized carbons (Fsp3) is 0.456. The van der Waals surface area contributed by atoms with Gasteiger partial charge in [-0.05, 0) is 107 Å². The van der Waals surface area contributed by atoms with Crippen LogP contribution in [-0.2, 0) is 40.0 Å². The van der Waals surface area contributed by atoms with Gasteiger partial charge in [-0.15, -0.1) is 0 Å². The second-order valence-corrected chi connectivity index (χ2v) is 27.6. The molecule has 3 aliphatic rings. The van der Waals surface area contributed by atoms with Gasteiger partial charge in [-0.3, -0.25) is 9.59 Å². The number of allylic oxidation sites excluding steroid dienone is 6. The van der Waals surface area contributed by atoms with Crippen LogP contribution in [0.5, 0.6) is 5.75 Å². The molecular weight excluding hydrogens is 1240 g/mol. The number of alkyl halides is 4. The van der Waals surface area contributed by atoms with Gasteiger partial charge in [0.05, 0.1) is 41.5 Å². The zero-order valence-electron chi connectivity index (χ0n) is 52.4. The van der Waals surface area contributed by atoms with E-state index in [0.29, 0.717) is 90.0 Å². The maximum atomic E-state index is 14.9. The van der Waals surface area contributed by atoms with Crippen molar-refractivity contribution >= 4 is 79.5 Å². The Balaban J connectivity index is 0.732. The third kappa shape index (κ3) is 17.0. The number of fused-ring (bicyclic) bond motifs is 3. The second-order valence-electron chi connectivity index (χ2n) is 24.3. The van der Waals surface area contributed by atoms with Gasteiger partial charge in [-0.2, -0.15) is 13.2 Å². The molecule has 1 fully saturated rings. The number of likely N-dealkylation sites (tertiary alicyclic amines) is 1. The van der Waals surface area contributed by atoms with E-state index in [-0.39, 0.29) is 35.5 Å². The molecule has 4 aromatic carbocycles. The maximum absolute atomic E-state index is 14.9. The first-order valence-corrected chi connectivity index (χ1v) is 34.5. The SMILES string of the molecule is CCN1\C(=C/C=C/C=C/C2=[N+](CCCCCC(=O)NCCCCCCCCNC(=O)c3ccc(NCC#Cc4cc5c(N[C@@H]6CCN(C)C[C@@H]6F)cccc5n4CC(F)(F)F)c(OC)c3)c3ccc(S(=O)(=O)[O-])cc3C2(C)C)C(C)(C)c2cc([Se](=O)=O)ccc21. The van der Waals surface area contributed by atoms with E-state index < -0.39 is 59.6 Å². The van der Waals surface area contributed by atoms with E-state index in [2.05, 4.69) is 63.4 Å². The number of aromatic nitrogens is 1. The topological polar surface area (TPSA) is 197 Å². The van der Waals surface area contributed by atoms with Crippen molar-refractivity contribution in [1.82, 2.24) is 20.1 Å². The number of methoxy groups -OCH3 is 1. The molecular formula is C68H83F4N8O8SSe. The van der Waals surface area contributed by atoms with Crippen LogP contribution in [0.15, 0.2) is 120 Å². The van der Waals surface area contributed by atoms with Crippen molar-refractivity contribution in [3.05, 3.63) is 137 Å². The Morgan fingerprint density at radius 1 is 0.856 bits per heavy atom. The Labute approximate surface area is 530 Å². The molecule has 22 heteroatoms. The van der Waals surface area contributed by atoms with Gasteiger partial charge in [-0.1, -0.05) is 37.7 Å². The summed E-state index contributed by atoms with van der Waals surface area (Å²) < 4.78 is 126. The molecule has 1 aromatic heterocycles. The average Bonchev–Trinajstić information content (AvgIpc) is 1.67. The minimum absolute atomic E-state index is 0.00400. The summed E-state index contributed by atoms with van der Waals surface area (Å²) >= 11 is -3.33. The second kappa shape index (κ2) is 30.2. The number of anilines is 3. The molecule has 2 atom stereocenters. The summed E-state index contributed by atoms with van der Waals surface area (Å²) in [5, 5.41) is 12.9. The van der Waals surface area contributed by atoms with E-state index in [4.69, 9.17) is 4.74 Å². The van der Waals surface area contributed by atoms with Gasteiger partial charge in [0, 0.05) is 67.3 Å². The molecule has 8 rings (SSSR count). The number of piperidine rings is 1. The molecule has 3 aliphatic heterocycles. The minimum atomic E-state index is -4.68. The molecule has 16 nitrogen and oxygen atoms in total. The molecule has 5 aromatic rings. The van der Waals surface area contributed by atoms with Crippen molar-refractivity contribution in [3.8, 4) is 17.6 Å². The molecule has 1 saturated heterocycles. The number of halogens is 4. The van der Waals surface area contributed by atoms with Crippen molar-refractivity contribution in [1.29, 1.82) is 0 Å². The van der Waals surface area contributed by atoms with E-state index in [1.54, 1.807) is 60.7 Å². The van der Waals surface area contributed by atoms with Gasteiger partial charge in [0.25, 0.3) is 5.91 Å². The first kappa shape index (κ1) is 68.6. The van der Waals surface area contributed by atoms with Gasteiger partial charge >= 0.3 is 151 Å². The van der Waals surface area contributed by atoms with Gasteiger partial charge in [0.15, 0.2) is 0 Å². The quantitative estimate of drug-likeness (QED) is 0.00704. The molecule has 2 amide bonds. The van der Waals surface area contributed by atoms with E-state index in [0.717, 1.165) is 89.8 Å². The van der Waals surface area contributed by atoms with E-state index in [1.165, 1.54) is 19.2 Å². The van der Waals surface area contributed by atoms with Gasteiger partial charge < -0.3 is 40.0 Å². The zero-order valence-corrected chi connectivity index (χ0v) is 54.9. The number of unbranched alkanes of at least 4 members (excludes halogenated alkanes) is 7. The van der Waals surface area contributed by atoms with Crippen LogP contribution in [-0.4, -0.2) is 137 Å². The van der Waals surface area contributed by atoms with Gasteiger partial charge in [0.2, 0.25) is 11.6 Å². The third-order valence-electron chi connectivity index (χ3n) is 17.2. The molecule has 0 unspecified atom stereocenters. The summed E-state index contributed by atoms with van der Waals surface area (Å²) in [6.07, 6.45) is 13.0. The number of nitrogens with one attached hydrogen (secondary N) is 4. The summed E-state index contributed by atoms with van der Waals surface area (Å²) in [4.78, 5) is 29.7. The molecule has 1 radical (unpaired) electrons. The number of amides is 2. The number of benzene rings is 4. The number of hydrogen-bond acceptors (Lipinski definition) is 12. The monoisotopic (exact) mass is 1330 g/mol. The van der Waals surface area contributed by atoms with Crippen LogP contribution in [0.1, 0.15) is 132 Å². The summed E-state index contributed by atoms with van der Waals surface area (Å²) in [5.74, 6) is 5.97. The number of rotatable bonds is 28. The van der Waals surface area contributed by atoms with Crippen molar-refractivity contribution in [2.75, 3.05) is 75.5 Å². The van der Waals surface area contributed by atoms with Crippen molar-refractivity contribution in [2.45, 2.75) is 146 Å². The van der Waals surface area contributed by atoms with Crippen molar-refractivity contribution in [3.63, 3.8) is 0 Å². The number of ether oxygens (including phenoxy) is 1. The van der Waals surface area contributed by atoms with Crippen LogP contribution in [0.25, 0.3) is 10.9 Å². The molecule has 0 saturated carbocycles. The molecule has 0 spiro atoms. The van der Waals surface area contributed by atoms with Crippen molar-refractivity contribution < 1.29 is 57.1 Å². The molecule has 483 valence electrons. The van der Waals surface area contributed by atoms with Gasteiger partial charge in [0.1, 0.15) is 35.1 Å². The average molecular weight is 1330 g/mol. The number of carbonyl (C=O) groups is 2. The Morgan fingerprint density at radius 2 is 1.59 bits per heavy atom. The molecule has 90 heavy (non-hydrogen) atoms. The fourth-order valence-electron chi connectivity index (χ4n) is 12.4. The summed E-state index contributed by atoms with van der Waals surface area (Å²) in [6.45, 7) is 12.5. The summed E-state index contributed by atoms with van der Waals surface area (Å²) in [6, 6.07) is 21.0. The van der Waals surface area contributed by atoms with Crippen LogP contribution in [0.3, 0.4) is 0 Å². The van der Waals surface area contributed by atoms with E-state index in [9.17, 15) is 47.8 Å². The van der Waals surface area contributed by atoms with Gasteiger partial charge in [-0.25, -0.2) is 12.8 Å². The number of hydrogen-bond donors (Lipinski definition) is 4. The van der Waals surface area contributed by atoms with E-state index in [1.807, 2.05) is 62.2 Å². The number of carbonyl (C=O) groups excluding carboxylic acids is 2. The summed E-state index contributed by atoms with van der Waals surface area (Å²) in [5.41, 5.74) is 6.46. The Morgan fingerprint density at radius 3 is 2.29 bits per heavy atom. The first-order chi connectivity index (χ1) is 42.8. The first-order valence-electron chi connectivity index (χ1n) is 30.9. The normalized spacial score (nSPS) is 17.6. The number of likely N-dealkylation sites (N-methyl/N-ethyl adjacent to an activating group) is 1. The fourth-order valence-corrected chi connectivity index (χ4v) is 13.7. The van der Waals surface area contributed by atoms with Crippen molar-refractivity contribution in [2.24, 2.45) is 0 Å². The molecule has 4 heterocycles. The third-order valence-corrected chi connectivity index (χ3v) is 19.3. The van der Waals surface area contributed by atoms with Crippen LogP contribution in [0, 0.1) is 11.8 Å². The molecule has 0 aliphatic carbocycles. The van der Waals surface area contributed by atoms with E-state index >= 15 is 0 Å². The van der Waals surface area contributed by atoms with Crippen LogP contribution >= 0.6 is 0 Å². The standard InChI is InChI=1S/C68H83F4N8O8SSe/c1-8-78-59-34-31-50(90(86)87)44-53(59)67(4,5)62(78)26-15-13-16-27-63-66(2,3)52-43-49(89(83,84)85)30-33-60(52)79(63)39-20-14-17-28-64(81)74-36-18-11-9-10-12-19-37-75-65(82)47-29-32-57(61(41-47)88-7)73-38-22-23-48-42-51-55(76-56-35-40-77(6)45-54(56)69)24-21-25-58(51)80(48)46-68(70,71)72/h13,15-16,21,24-27,29-34,41-44,54,56,76H,8-12,14,17-20,28,35-40,45-46H2,1-7H3,(H3-,73,74,75,81,82,83,84,85)/t54-,56+/m0/s1. The Bertz CT molecular complexity index is 3810. The molecule has 0 bridgehead atoms. The Hall–Kier alpha value is -7.28. The van der Waals surface area contributed by atoms with Crippen LogP contribution < -0.4 is 35.4 Å². The zero-order chi connectivity index (χ0) is 65.0. The predicted molar refractivity (Wildman–Crippen MR) is 345 cm³/mol.